The minimum atomic E-state index is -1.01. The SMILES string of the molecule is O=C(O)C[C@H](Cc1ccccc1)C(=O)NCc1cc(Nc2cnccn2)nc(-c2ccnc(N3CCNCC3)c2)c1. The van der Waals surface area contributed by atoms with E-state index in [2.05, 4.69) is 35.8 Å². The molecule has 1 saturated heterocycles. The molecule has 11 heteroatoms. The van der Waals surface area contributed by atoms with E-state index in [9.17, 15) is 14.7 Å². The first kappa shape index (κ1) is 27.7. The molecule has 4 heterocycles. The molecule has 1 amide bonds. The Morgan fingerprint density at radius 3 is 2.54 bits per heavy atom. The van der Waals surface area contributed by atoms with Gasteiger partial charge in [-0.2, -0.15) is 0 Å². The van der Waals surface area contributed by atoms with Gasteiger partial charge in [-0.25, -0.2) is 15.0 Å². The van der Waals surface area contributed by atoms with E-state index in [1.165, 1.54) is 0 Å². The minimum absolute atomic E-state index is 0.199. The molecule has 210 valence electrons. The molecule has 4 N–H and O–H groups in total. The summed E-state index contributed by atoms with van der Waals surface area (Å²) in [6.45, 7) is 3.74. The van der Waals surface area contributed by atoms with Crippen LogP contribution in [-0.4, -0.2) is 63.1 Å². The van der Waals surface area contributed by atoms with E-state index in [0.29, 0.717) is 23.8 Å². The summed E-state index contributed by atoms with van der Waals surface area (Å²) >= 11 is 0. The number of carboxylic acid groups (broad SMARTS) is 1. The van der Waals surface area contributed by atoms with E-state index in [0.717, 1.165) is 48.7 Å². The summed E-state index contributed by atoms with van der Waals surface area (Å²) in [6, 6.07) is 17.1. The molecule has 1 aromatic carbocycles. The van der Waals surface area contributed by atoms with Gasteiger partial charge in [0.05, 0.1) is 24.2 Å². The summed E-state index contributed by atoms with van der Waals surface area (Å²) in [5, 5.41) is 18.9. The van der Waals surface area contributed by atoms with Crippen molar-refractivity contribution in [2.75, 3.05) is 36.4 Å². The molecule has 0 bridgehead atoms. The maximum atomic E-state index is 13.2. The normalized spacial score (nSPS) is 13.8. The Hall–Kier alpha value is -4.90. The van der Waals surface area contributed by atoms with Crippen LogP contribution in [0.2, 0.25) is 0 Å². The van der Waals surface area contributed by atoms with Gasteiger partial charge in [0.2, 0.25) is 5.91 Å². The molecular weight excluding hydrogens is 520 g/mol. The number of carbonyl (C=O) groups is 2. The van der Waals surface area contributed by atoms with E-state index in [-0.39, 0.29) is 18.9 Å². The highest BCUT2D eigenvalue weighted by atomic mass is 16.4. The summed E-state index contributed by atoms with van der Waals surface area (Å²) in [4.78, 5) is 44.7. The van der Waals surface area contributed by atoms with Gasteiger partial charge in [0.25, 0.3) is 0 Å². The average Bonchev–Trinajstić information content (AvgIpc) is 3.01. The van der Waals surface area contributed by atoms with Gasteiger partial charge in [-0.3, -0.25) is 14.6 Å². The maximum Gasteiger partial charge on any atom is 0.304 e. The number of benzene rings is 1. The molecule has 3 aromatic heterocycles. The van der Waals surface area contributed by atoms with Crippen LogP contribution in [0.1, 0.15) is 17.5 Å². The van der Waals surface area contributed by atoms with Crippen molar-refractivity contribution in [1.29, 1.82) is 0 Å². The Morgan fingerprint density at radius 1 is 0.951 bits per heavy atom. The first-order chi connectivity index (χ1) is 20.0. The Kier molecular flexibility index (Phi) is 9.07. The summed E-state index contributed by atoms with van der Waals surface area (Å²) < 4.78 is 0. The van der Waals surface area contributed by atoms with Crippen LogP contribution < -0.4 is 20.9 Å². The van der Waals surface area contributed by atoms with Gasteiger partial charge >= 0.3 is 5.97 Å². The summed E-state index contributed by atoms with van der Waals surface area (Å²) in [5.74, 6) is -0.0730. The summed E-state index contributed by atoms with van der Waals surface area (Å²) in [6.07, 6.45) is 6.64. The third-order valence-electron chi connectivity index (χ3n) is 6.77. The predicted molar refractivity (Wildman–Crippen MR) is 156 cm³/mol. The molecule has 4 aromatic rings. The fourth-order valence-corrected chi connectivity index (χ4v) is 4.74. The number of rotatable bonds is 11. The zero-order valence-electron chi connectivity index (χ0n) is 22.5. The van der Waals surface area contributed by atoms with Crippen molar-refractivity contribution in [3.05, 3.63) is 90.5 Å². The van der Waals surface area contributed by atoms with Gasteiger partial charge in [0.1, 0.15) is 17.5 Å². The number of nitrogens with zero attached hydrogens (tertiary/aromatic N) is 5. The zero-order chi connectivity index (χ0) is 28.4. The van der Waals surface area contributed by atoms with Gasteiger partial charge < -0.3 is 26.0 Å². The van der Waals surface area contributed by atoms with Crippen LogP contribution in [0, 0.1) is 5.92 Å². The number of carboxylic acids is 1. The number of pyridine rings is 2. The van der Waals surface area contributed by atoms with Gasteiger partial charge in [-0.1, -0.05) is 30.3 Å². The lowest BCUT2D eigenvalue weighted by molar-refractivity contribution is -0.141. The zero-order valence-corrected chi connectivity index (χ0v) is 22.5. The van der Waals surface area contributed by atoms with Crippen LogP contribution >= 0.6 is 0 Å². The Morgan fingerprint density at radius 2 is 1.78 bits per heavy atom. The van der Waals surface area contributed by atoms with Crippen LogP contribution in [0.25, 0.3) is 11.3 Å². The van der Waals surface area contributed by atoms with Crippen LogP contribution in [-0.2, 0) is 22.6 Å². The molecule has 1 aliphatic rings. The van der Waals surface area contributed by atoms with Crippen LogP contribution in [0.4, 0.5) is 17.5 Å². The van der Waals surface area contributed by atoms with E-state index >= 15 is 0 Å². The molecule has 11 nitrogen and oxygen atoms in total. The van der Waals surface area contributed by atoms with E-state index in [1.807, 2.05) is 54.6 Å². The second-order valence-corrected chi connectivity index (χ2v) is 9.80. The molecule has 0 spiro atoms. The smallest absolute Gasteiger partial charge is 0.304 e. The van der Waals surface area contributed by atoms with Gasteiger partial charge in [0, 0.05) is 56.9 Å². The number of anilines is 3. The molecule has 1 atom stereocenters. The van der Waals surface area contributed by atoms with Crippen molar-refractivity contribution in [2.45, 2.75) is 19.4 Å². The highest BCUT2D eigenvalue weighted by Crippen LogP contribution is 2.26. The van der Waals surface area contributed by atoms with Crippen LogP contribution in [0.3, 0.4) is 0 Å². The number of aliphatic carboxylic acids is 1. The quantitative estimate of drug-likeness (QED) is 0.219. The van der Waals surface area contributed by atoms with Crippen LogP contribution in [0.5, 0.6) is 0 Å². The van der Waals surface area contributed by atoms with E-state index in [4.69, 9.17) is 4.98 Å². The fraction of sp³-hybridized carbons (Fsp3) is 0.267. The van der Waals surface area contributed by atoms with E-state index < -0.39 is 11.9 Å². The highest BCUT2D eigenvalue weighted by Gasteiger charge is 2.22. The van der Waals surface area contributed by atoms with Crippen molar-refractivity contribution in [3.8, 4) is 11.3 Å². The number of piperazine rings is 1. The minimum Gasteiger partial charge on any atom is -0.481 e. The van der Waals surface area contributed by atoms with Crippen molar-refractivity contribution in [2.24, 2.45) is 5.92 Å². The van der Waals surface area contributed by atoms with Crippen molar-refractivity contribution in [1.82, 2.24) is 30.6 Å². The van der Waals surface area contributed by atoms with Crippen molar-refractivity contribution < 1.29 is 14.7 Å². The second-order valence-electron chi connectivity index (χ2n) is 9.80. The first-order valence-electron chi connectivity index (χ1n) is 13.5. The van der Waals surface area contributed by atoms with Gasteiger partial charge in [0.15, 0.2) is 0 Å². The summed E-state index contributed by atoms with van der Waals surface area (Å²) in [5.41, 5.74) is 3.29. The lowest BCUT2D eigenvalue weighted by Gasteiger charge is -2.28. The number of nitrogens with one attached hydrogen (secondary N) is 3. The van der Waals surface area contributed by atoms with Crippen molar-refractivity contribution in [3.63, 3.8) is 0 Å². The highest BCUT2D eigenvalue weighted by molar-refractivity contribution is 5.83. The molecule has 5 rings (SSSR count). The van der Waals surface area contributed by atoms with E-state index in [1.54, 1.807) is 24.8 Å². The molecule has 0 unspecified atom stereocenters. The standard InChI is InChI=1S/C30H32N8O3/c39-29(40)18-24(14-21-4-2-1-3-5-21)30(41)35-19-22-15-25(36-26(16-22)37-27-20-32-8-9-33-27)23-6-7-34-28(17-23)38-12-10-31-11-13-38/h1-9,15-17,20,24,31H,10-14,18-19H2,(H,35,41)(H,39,40)(H,33,36,37)/t24-/m0/s1. The topological polar surface area (TPSA) is 145 Å². The fourth-order valence-electron chi connectivity index (χ4n) is 4.74. The summed E-state index contributed by atoms with van der Waals surface area (Å²) in [7, 11) is 0. The molecule has 1 aliphatic heterocycles. The predicted octanol–water partition coefficient (Wildman–Crippen LogP) is 3.04. The third kappa shape index (κ3) is 7.83. The molecule has 0 radical (unpaired) electrons. The molecule has 41 heavy (non-hydrogen) atoms. The molecule has 0 aliphatic carbocycles. The lowest BCUT2D eigenvalue weighted by atomic mass is 9.95. The largest absolute Gasteiger partial charge is 0.481 e. The van der Waals surface area contributed by atoms with Gasteiger partial charge in [-0.15, -0.1) is 0 Å². The number of carbonyl (C=O) groups excluding carboxylic acids is 1. The Bertz CT molecular complexity index is 1460. The Labute approximate surface area is 238 Å². The Balaban J connectivity index is 1.39. The van der Waals surface area contributed by atoms with Crippen LogP contribution in [0.15, 0.2) is 79.4 Å². The molecule has 0 saturated carbocycles. The number of hydrogen-bond acceptors (Lipinski definition) is 9. The average molecular weight is 553 g/mol. The first-order valence-corrected chi connectivity index (χ1v) is 13.5. The third-order valence-corrected chi connectivity index (χ3v) is 6.77. The maximum absolute atomic E-state index is 13.2. The molecule has 1 fully saturated rings. The monoisotopic (exact) mass is 552 g/mol. The number of amides is 1. The lowest BCUT2D eigenvalue weighted by Crippen LogP contribution is -2.43. The van der Waals surface area contributed by atoms with Crippen molar-refractivity contribution >= 4 is 29.3 Å². The van der Waals surface area contributed by atoms with Gasteiger partial charge in [-0.05, 0) is 41.8 Å². The second kappa shape index (κ2) is 13.4. The number of hydrogen-bond donors (Lipinski definition) is 4. The molecular formula is C30H32N8O3. The number of aromatic nitrogens is 4.